The molecule has 1 N–H and O–H groups in total. The first-order chi connectivity index (χ1) is 7.55. The lowest BCUT2D eigenvalue weighted by atomic mass is 9.84. The second-order valence-electron chi connectivity index (χ2n) is 4.48. The van der Waals surface area contributed by atoms with Crippen LogP contribution >= 0.6 is 0 Å². The summed E-state index contributed by atoms with van der Waals surface area (Å²) in [6.07, 6.45) is 0. The van der Waals surface area contributed by atoms with Gasteiger partial charge in [-0.15, -0.1) is 0 Å². The van der Waals surface area contributed by atoms with Gasteiger partial charge in [0, 0.05) is 12.0 Å². The minimum absolute atomic E-state index is 0.0777. The van der Waals surface area contributed by atoms with Gasteiger partial charge in [0.2, 0.25) is 0 Å². The first-order valence-corrected chi connectivity index (χ1v) is 5.42. The van der Waals surface area contributed by atoms with Gasteiger partial charge in [0.05, 0.1) is 14.2 Å². The van der Waals surface area contributed by atoms with Crippen molar-refractivity contribution < 1.29 is 9.47 Å². The lowest BCUT2D eigenvalue weighted by molar-refractivity contribution is 0.353. The summed E-state index contributed by atoms with van der Waals surface area (Å²) in [5.41, 5.74) is 1.31. The van der Waals surface area contributed by atoms with Crippen LogP contribution in [0.3, 0.4) is 0 Å². The molecule has 0 amide bonds. The van der Waals surface area contributed by atoms with Crippen molar-refractivity contribution >= 4 is 0 Å². The number of rotatable bonds is 5. The lowest BCUT2D eigenvalue weighted by Crippen LogP contribution is -2.30. The molecule has 3 nitrogen and oxygen atoms in total. The summed E-state index contributed by atoms with van der Waals surface area (Å²) in [6, 6.07) is 6.07. The van der Waals surface area contributed by atoms with Gasteiger partial charge in [-0.2, -0.15) is 0 Å². The minimum Gasteiger partial charge on any atom is -0.493 e. The molecule has 16 heavy (non-hydrogen) atoms. The van der Waals surface area contributed by atoms with Crippen LogP contribution in [0.5, 0.6) is 11.5 Å². The average Bonchev–Trinajstić information content (AvgIpc) is 2.28. The zero-order valence-electron chi connectivity index (χ0n) is 10.8. The van der Waals surface area contributed by atoms with Gasteiger partial charge in [0.15, 0.2) is 11.5 Å². The fourth-order valence-electron chi connectivity index (χ4n) is 1.80. The molecule has 0 aliphatic rings. The number of hydrogen-bond acceptors (Lipinski definition) is 3. The van der Waals surface area contributed by atoms with E-state index in [2.05, 4.69) is 25.2 Å². The zero-order chi connectivity index (χ0) is 12.2. The van der Waals surface area contributed by atoms with Crippen molar-refractivity contribution in [2.75, 3.05) is 27.8 Å². The molecule has 0 atom stereocenters. The molecule has 0 saturated heterocycles. The Morgan fingerprint density at radius 1 is 1.12 bits per heavy atom. The number of benzene rings is 1. The van der Waals surface area contributed by atoms with Gasteiger partial charge in [0.1, 0.15) is 0 Å². The highest BCUT2D eigenvalue weighted by Gasteiger charge is 2.21. The van der Waals surface area contributed by atoms with Crippen LogP contribution in [0.4, 0.5) is 0 Å². The molecule has 0 saturated carbocycles. The van der Waals surface area contributed by atoms with Crippen LogP contribution in [-0.4, -0.2) is 27.8 Å². The van der Waals surface area contributed by atoms with E-state index in [-0.39, 0.29) is 5.41 Å². The monoisotopic (exact) mass is 223 g/mol. The number of hydrogen-bond donors (Lipinski definition) is 1. The van der Waals surface area contributed by atoms with Gasteiger partial charge in [-0.25, -0.2) is 0 Å². The van der Waals surface area contributed by atoms with E-state index < -0.39 is 0 Å². The molecule has 0 aromatic heterocycles. The van der Waals surface area contributed by atoms with Crippen molar-refractivity contribution in [2.24, 2.45) is 0 Å². The van der Waals surface area contributed by atoms with Crippen LogP contribution in [0, 0.1) is 0 Å². The first kappa shape index (κ1) is 12.8. The van der Waals surface area contributed by atoms with Gasteiger partial charge in [-0.3, -0.25) is 0 Å². The second kappa shape index (κ2) is 5.21. The third-order valence-electron chi connectivity index (χ3n) is 2.78. The molecule has 0 bridgehead atoms. The third-order valence-corrected chi connectivity index (χ3v) is 2.78. The fraction of sp³-hybridized carbons (Fsp3) is 0.538. The Hall–Kier alpha value is -1.22. The van der Waals surface area contributed by atoms with E-state index in [0.717, 1.165) is 18.0 Å². The van der Waals surface area contributed by atoms with Crippen LogP contribution < -0.4 is 14.8 Å². The molecule has 0 fully saturated rings. The minimum atomic E-state index is 0.0777. The zero-order valence-corrected chi connectivity index (χ0v) is 10.8. The topological polar surface area (TPSA) is 30.5 Å². The maximum absolute atomic E-state index is 5.30. The van der Waals surface area contributed by atoms with Crippen molar-refractivity contribution in [2.45, 2.75) is 19.3 Å². The molecule has 0 heterocycles. The summed E-state index contributed by atoms with van der Waals surface area (Å²) in [5.74, 6) is 1.55. The van der Waals surface area contributed by atoms with Gasteiger partial charge in [-0.05, 0) is 24.7 Å². The molecule has 90 valence electrons. The van der Waals surface area contributed by atoms with Crippen molar-refractivity contribution in [3.05, 3.63) is 23.8 Å². The standard InChI is InChI=1S/C13H21NO2/c1-13(2,9-14-3)10-6-7-11(15-4)12(8-10)16-5/h6-8,14H,9H2,1-5H3. The Morgan fingerprint density at radius 2 is 1.75 bits per heavy atom. The smallest absolute Gasteiger partial charge is 0.161 e. The van der Waals surface area contributed by atoms with E-state index in [1.165, 1.54) is 5.56 Å². The molecule has 3 heteroatoms. The largest absolute Gasteiger partial charge is 0.493 e. The Kier molecular flexibility index (Phi) is 4.19. The Bertz CT molecular complexity index is 348. The summed E-state index contributed by atoms with van der Waals surface area (Å²) in [5, 5.41) is 3.20. The van der Waals surface area contributed by atoms with E-state index in [1.54, 1.807) is 14.2 Å². The summed E-state index contributed by atoms with van der Waals surface area (Å²) in [6.45, 7) is 5.32. The molecule has 1 rings (SSSR count). The van der Waals surface area contributed by atoms with E-state index in [0.29, 0.717) is 0 Å². The molecule has 0 unspecified atom stereocenters. The molecule has 1 aromatic carbocycles. The van der Waals surface area contributed by atoms with Crippen LogP contribution in [0.25, 0.3) is 0 Å². The Labute approximate surface area is 97.8 Å². The van der Waals surface area contributed by atoms with Gasteiger partial charge >= 0.3 is 0 Å². The molecule has 1 aromatic rings. The summed E-state index contributed by atoms with van der Waals surface area (Å²) in [7, 11) is 5.27. The summed E-state index contributed by atoms with van der Waals surface area (Å²) in [4.78, 5) is 0. The van der Waals surface area contributed by atoms with E-state index in [1.807, 2.05) is 19.2 Å². The van der Waals surface area contributed by atoms with Crippen molar-refractivity contribution in [3.63, 3.8) is 0 Å². The van der Waals surface area contributed by atoms with Crippen LogP contribution in [0.15, 0.2) is 18.2 Å². The van der Waals surface area contributed by atoms with Crippen molar-refractivity contribution in [1.82, 2.24) is 5.32 Å². The first-order valence-electron chi connectivity index (χ1n) is 5.42. The SMILES string of the molecule is CNCC(C)(C)c1ccc(OC)c(OC)c1. The molecular weight excluding hydrogens is 202 g/mol. The Morgan fingerprint density at radius 3 is 2.25 bits per heavy atom. The molecule has 0 spiro atoms. The van der Waals surface area contributed by atoms with Crippen molar-refractivity contribution in [1.29, 1.82) is 0 Å². The van der Waals surface area contributed by atoms with Crippen molar-refractivity contribution in [3.8, 4) is 11.5 Å². The maximum Gasteiger partial charge on any atom is 0.161 e. The van der Waals surface area contributed by atoms with Gasteiger partial charge in [0.25, 0.3) is 0 Å². The predicted molar refractivity (Wildman–Crippen MR) is 66.5 cm³/mol. The molecular formula is C13H21NO2. The van der Waals surface area contributed by atoms with Crippen LogP contribution in [0.2, 0.25) is 0 Å². The highest BCUT2D eigenvalue weighted by molar-refractivity contribution is 5.45. The van der Waals surface area contributed by atoms with Gasteiger partial charge < -0.3 is 14.8 Å². The maximum atomic E-state index is 5.30. The van der Waals surface area contributed by atoms with E-state index >= 15 is 0 Å². The van der Waals surface area contributed by atoms with E-state index in [9.17, 15) is 0 Å². The summed E-state index contributed by atoms with van der Waals surface area (Å²) >= 11 is 0. The van der Waals surface area contributed by atoms with Gasteiger partial charge in [-0.1, -0.05) is 19.9 Å². The van der Waals surface area contributed by atoms with Crippen LogP contribution in [-0.2, 0) is 5.41 Å². The highest BCUT2D eigenvalue weighted by atomic mass is 16.5. The lowest BCUT2D eigenvalue weighted by Gasteiger charge is -2.25. The Balaban J connectivity index is 3.07. The molecule has 0 aliphatic carbocycles. The number of nitrogens with one attached hydrogen (secondary N) is 1. The predicted octanol–water partition coefficient (Wildman–Crippen LogP) is 2.20. The highest BCUT2D eigenvalue weighted by Crippen LogP contribution is 2.32. The normalized spacial score (nSPS) is 11.3. The molecule has 0 aliphatic heterocycles. The number of methoxy groups -OCH3 is 2. The van der Waals surface area contributed by atoms with Crippen LogP contribution in [0.1, 0.15) is 19.4 Å². The second-order valence-corrected chi connectivity index (χ2v) is 4.48. The quantitative estimate of drug-likeness (QED) is 0.830. The third kappa shape index (κ3) is 2.67. The number of likely N-dealkylation sites (N-methyl/N-ethyl adjacent to an activating group) is 1. The average molecular weight is 223 g/mol. The number of ether oxygens (including phenoxy) is 2. The van der Waals surface area contributed by atoms with E-state index in [4.69, 9.17) is 9.47 Å². The fourth-order valence-corrected chi connectivity index (χ4v) is 1.80. The molecule has 0 radical (unpaired) electrons. The summed E-state index contributed by atoms with van der Waals surface area (Å²) < 4.78 is 10.5.